The van der Waals surface area contributed by atoms with Crippen LogP contribution < -0.4 is 31.7 Å². The van der Waals surface area contributed by atoms with Crippen molar-refractivity contribution in [2.24, 2.45) is 15.7 Å². The number of methoxy groups -OCH3 is 1. The average molecular weight is 517 g/mol. The number of rotatable bonds is 2. The normalized spacial score (nSPS) is 21.3. The van der Waals surface area contributed by atoms with Crippen LogP contribution in [-0.4, -0.2) is 27.5 Å². The number of halogens is 2. The van der Waals surface area contributed by atoms with Gasteiger partial charge >= 0.3 is 186 Å². The fourth-order valence-electron chi connectivity index (χ4n) is 3.99. The number of nitrogens with two attached hydrogens (primary N) is 1. The van der Waals surface area contributed by atoms with Crippen molar-refractivity contribution in [2.45, 2.75) is 31.8 Å². The molecule has 0 aliphatic carbocycles. The molecule has 30 heavy (non-hydrogen) atoms. The summed E-state index contributed by atoms with van der Waals surface area (Å²) in [6, 6.07) is 11.3. The Morgan fingerprint density at radius 3 is 2.73 bits per heavy atom. The Labute approximate surface area is 186 Å². The molecule has 0 bridgehead atoms. The minimum atomic E-state index is -0.675. The van der Waals surface area contributed by atoms with Crippen LogP contribution in [0.4, 0.5) is 4.39 Å². The summed E-state index contributed by atoms with van der Waals surface area (Å²) in [5.74, 6) is -0.0802. The molecule has 2 aliphatic rings. The van der Waals surface area contributed by atoms with Gasteiger partial charge < -0.3 is 0 Å². The minimum absolute atomic E-state index is 0.0376. The van der Waals surface area contributed by atoms with Crippen LogP contribution >= 0.6 is 0 Å². The van der Waals surface area contributed by atoms with Crippen LogP contribution in [0.15, 0.2) is 40.3 Å². The van der Waals surface area contributed by atoms with Crippen LogP contribution in [-0.2, 0) is 12.1 Å². The number of aliphatic imine (C=N–C) groups is 2. The summed E-state index contributed by atoms with van der Waals surface area (Å²) in [5, 5.41) is 9.34. The van der Waals surface area contributed by atoms with Crippen molar-refractivity contribution in [2.75, 3.05) is 16.0 Å². The van der Waals surface area contributed by atoms with E-state index in [9.17, 15) is 9.65 Å². The van der Waals surface area contributed by atoms with Crippen molar-refractivity contribution in [3.63, 3.8) is 0 Å². The van der Waals surface area contributed by atoms with E-state index < -0.39 is 11.5 Å². The van der Waals surface area contributed by atoms with Gasteiger partial charge in [-0.3, -0.25) is 0 Å². The number of nitriles is 1. The van der Waals surface area contributed by atoms with Crippen molar-refractivity contribution < 1.29 is 30.3 Å². The summed E-state index contributed by atoms with van der Waals surface area (Å²) in [6.45, 7) is 1.91. The zero-order chi connectivity index (χ0) is 21.3. The van der Waals surface area contributed by atoms with Crippen molar-refractivity contribution >= 4 is 11.5 Å². The second-order valence-corrected chi connectivity index (χ2v) is 10.7. The fourth-order valence-corrected chi connectivity index (χ4v) is 6.59. The third-order valence-corrected chi connectivity index (χ3v) is 8.40. The number of benzene rings is 2. The average Bonchev–Trinajstić information content (AvgIpc) is 3.08. The number of nitrogens with zero attached hydrogens (tertiary/aromatic N) is 3. The van der Waals surface area contributed by atoms with Gasteiger partial charge in [0.25, 0.3) is 0 Å². The number of amidine groups is 1. The fraction of sp³-hybridized carbons (Fsp3) is 0.348. The Morgan fingerprint density at radius 2 is 2.03 bits per heavy atom. The van der Waals surface area contributed by atoms with Gasteiger partial charge in [-0.15, -0.1) is 0 Å². The molecular formula is C23H23FIN4O-. The molecule has 5 nitrogen and oxygen atoms in total. The van der Waals surface area contributed by atoms with Gasteiger partial charge in [0.1, 0.15) is 0 Å². The van der Waals surface area contributed by atoms with Crippen LogP contribution in [0.5, 0.6) is 5.75 Å². The van der Waals surface area contributed by atoms with Crippen LogP contribution in [0.3, 0.4) is 0 Å². The van der Waals surface area contributed by atoms with E-state index in [1.165, 1.54) is 23.5 Å². The molecule has 2 aromatic rings. The predicted octanol–water partition coefficient (Wildman–Crippen LogP) is 0.783. The molecule has 2 aromatic carbocycles. The van der Waals surface area contributed by atoms with Gasteiger partial charge in [0.05, 0.1) is 0 Å². The molecule has 0 fully saturated rings. The molecule has 2 heterocycles. The van der Waals surface area contributed by atoms with Crippen LogP contribution in [0.2, 0.25) is 0 Å². The Kier molecular flexibility index (Phi) is 5.78. The summed E-state index contributed by atoms with van der Waals surface area (Å²) in [6.07, 6.45) is 3.00. The van der Waals surface area contributed by atoms with E-state index >= 15 is 0 Å². The summed E-state index contributed by atoms with van der Waals surface area (Å²) in [5.41, 5.74) is 10.1. The zero-order valence-electron chi connectivity index (χ0n) is 17.0. The Bertz CT molecular complexity index is 1090. The molecule has 0 aromatic heterocycles. The number of hydrogen-bond donors (Lipinski definition) is 1. The van der Waals surface area contributed by atoms with E-state index in [4.69, 9.17) is 20.5 Å². The number of hydrogen-bond acceptors (Lipinski definition) is 5. The maximum absolute atomic E-state index is 14.3. The molecule has 2 aliphatic heterocycles. The molecule has 0 saturated heterocycles. The molecule has 1 spiro atoms. The van der Waals surface area contributed by atoms with Gasteiger partial charge in [0, 0.05) is 0 Å². The second-order valence-electron chi connectivity index (χ2n) is 7.46. The predicted molar refractivity (Wildman–Crippen MR) is 112 cm³/mol. The van der Waals surface area contributed by atoms with E-state index in [0.717, 1.165) is 39.7 Å². The zero-order valence-corrected chi connectivity index (χ0v) is 19.2. The number of ether oxygens (including phenoxy) is 1. The Balaban J connectivity index is 1.91. The number of alkyl halides is 2. The molecule has 0 unspecified atom stereocenters. The van der Waals surface area contributed by atoms with Crippen molar-refractivity contribution in [1.82, 2.24) is 0 Å². The molecule has 0 radical (unpaired) electrons. The third-order valence-electron chi connectivity index (χ3n) is 5.57. The number of aryl methyl sites for hydroxylation is 1. The molecular weight excluding hydrogens is 494 g/mol. The van der Waals surface area contributed by atoms with Crippen LogP contribution in [0.25, 0.3) is 11.1 Å². The van der Waals surface area contributed by atoms with E-state index in [2.05, 4.69) is 12.1 Å². The van der Waals surface area contributed by atoms with Crippen molar-refractivity contribution in [3.05, 3.63) is 52.8 Å². The molecule has 7 heteroatoms. The standard InChI is InChI=1S/C23H23FIN4O/c1-14-22(27)29-23(28-14)7-9-25-8-3-4-15-5-6-16(11-19(15)23)17-10-18(13-26)21(24)20(12-17)30-2/h5-6,10-12H,3-4,7-9H2,1-2H3,(H2,27,29)/q-1/t23-/m1/s1. The maximum atomic E-state index is 14.3. The first-order valence-electron chi connectivity index (χ1n) is 9.84. The summed E-state index contributed by atoms with van der Waals surface area (Å²) < 4.78 is 21.9. The quantitative estimate of drug-likeness (QED) is 0.473. The van der Waals surface area contributed by atoms with Crippen LogP contribution in [0.1, 0.15) is 36.5 Å². The first-order valence-corrected chi connectivity index (χ1v) is 12.9. The summed E-state index contributed by atoms with van der Waals surface area (Å²) >= 11 is 0.132. The molecule has 1 atom stereocenters. The Hall–Kier alpha value is -2.47. The van der Waals surface area contributed by atoms with Crippen LogP contribution in [0, 0.1) is 17.1 Å². The molecule has 156 valence electrons. The summed E-state index contributed by atoms with van der Waals surface area (Å²) in [4.78, 5) is 9.76. The first kappa shape index (κ1) is 20.8. The van der Waals surface area contributed by atoms with E-state index in [1.807, 2.05) is 19.1 Å². The summed E-state index contributed by atoms with van der Waals surface area (Å²) in [7, 11) is 1.40. The van der Waals surface area contributed by atoms with Crippen molar-refractivity contribution in [1.29, 1.82) is 5.26 Å². The topological polar surface area (TPSA) is 83.8 Å². The van der Waals surface area contributed by atoms with Gasteiger partial charge in [-0.2, -0.15) is 0 Å². The van der Waals surface area contributed by atoms with Gasteiger partial charge in [-0.1, -0.05) is 0 Å². The monoisotopic (exact) mass is 517 g/mol. The van der Waals surface area contributed by atoms with Gasteiger partial charge in [-0.05, 0) is 0 Å². The van der Waals surface area contributed by atoms with Gasteiger partial charge in [-0.25, -0.2) is 0 Å². The molecule has 0 amide bonds. The van der Waals surface area contributed by atoms with Gasteiger partial charge in [0.2, 0.25) is 0 Å². The molecule has 2 N–H and O–H groups in total. The molecule has 4 rings (SSSR count). The van der Waals surface area contributed by atoms with Gasteiger partial charge in [0.15, 0.2) is 0 Å². The first-order chi connectivity index (χ1) is 14.5. The van der Waals surface area contributed by atoms with E-state index in [1.54, 1.807) is 12.1 Å². The van der Waals surface area contributed by atoms with E-state index in [-0.39, 0.29) is 32.5 Å². The molecule has 0 saturated carbocycles. The SMILES string of the molecule is COc1cc(-c2ccc3c(c2)[C@]2(CC[I-]CCC3)N=C(C)C(N)=N2)cc(C#N)c1F. The van der Waals surface area contributed by atoms with E-state index in [0.29, 0.717) is 5.84 Å². The van der Waals surface area contributed by atoms with Crippen molar-refractivity contribution in [3.8, 4) is 22.9 Å². The number of fused-ring (bicyclic) bond motifs is 2. The Morgan fingerprint density at radius 1 is 1.20 bits per heavy atom. The third kappa shape index (κ3) is 3.69. The second kappa shape index (κ2) is 8.34.